The van der Waals surface area contributed by atoms with Crippen molar-refractivity contribution in [3.05, 3.63) is 0 Å². The lowest BCUT2D eigenvalue weighted by molar-refractivity contribution is 0.0562. The monoisotopic (exact) mass is 153 g/mol. The number of rotatable bonds is 1. The zero-order valence-corrected chi connectivity index (χ0v) is 7.55. The molecule has 0 aromatic heterocycles. The zero-order valence-electron chi connectivity index (χ0n) is 7.55. The maximum Gasteiger partial charge on any atom is 0.0121 e. The molecule has 64 valence electrons. The van der Waals surface area contributed by atoms with E-state index < -0.39 is 0 Å². The number of likely N-dealkylation sites (tertiary alicyclic amines) is 1. The second-order valence-electron chi connectivity index (χ2n) is 4.22. The molecule has 0 N–H and O–H groups in total. The summed E-state index contributed by atoms with van der Waals surface area (Å²) in [5, 5.41) is 0. The molecular formula is C10H19N. The van der Waals surface area contributed by atoms with Crippen LogP contribution in [0.1, 0.15) is 39.0 Å². The van der Waals surface area contributed by atoms with Crippen LogP contribution < -0.4 is 0 Å². The number of piperidine rings is 1. The minimum absolute atomic E-state index is 0.968. The molecule has 1 saturated carbocycles. The van der Waals surface area contributed by atoms with Gasteiger partial charge in [-0.2, -0.15) is 0 Å². The van der Waals surface area contributed by atoms with Gasteiger partial charge in [0.05, 0.1) is 0 Å². The van der Waals surface area contributed by atoms with Crippen LogP contribution in [0.5, 0.6) is 0 Å². The first kappa shape index (κ1) is 7.60. The van der Waals surface area contributed by atoms with Gasteiger partial charge in [-0.15, -0.1) is 0 Å². The van der Waals surface area contributed by atoms with Gasteiger partial charge in [-0.1, -0.05) is 13.3 Å². The third-order valence-corrected chi connectivity index (χ3v) is 3.43. The van der Waals surface area contributed by atoms with Crippen LogP contribution in [-0.4, -0.2) is 24.0 Å². The average molecular weight is 153 g/mol. The van der Waals surface area contributed by atoms with Crippen molar-refractivity contribution in [3.8, 4) is 0 Å². The highest BCUT2D eigenvalue weighted by Crippen LogP contribution is 2.32. The second-order valence-corrected chi connectivity index (χ2v) is 4.22. The van der Waals surface area contributed by atoms with E-state index in [9.17, 15) is 0 Å². The predicted molar refractivity (Wildman–Crippen MR) is 47.6 cm³/mol. The van der Waals surface area contributed by atoms with E-state index in [2.05, 4.69) is 11.8 Å². The van der Waals surface area contributed by atoms with Crippen molar-refractivity contribution < 1.29 is 0 Å². The molecule has 0 bridgehead atoms. The van der Waals surface area contributed by atoms with Crippen molar-refractivity contribution in [1.82, 2.24) is 4.90 Å². The Bertz CT molecular complexity index is 127. The molecule has 0 radical (unpaired) electrons. The lowest BCUT2D eigenvalue weighted by Gasteiger charge is -2.44. The van der Waals surface area contributed by atoms with Gasteiger partial charge in [0.1, 0.15) is 0 Å². The van der Waals surface area contributed by atoms with Crippen molar-refractivity contribution in [2.24, 2.45) is 5.92 Å². The Morgan fingerprint density at radius 3 is 2.18 bits per heavy atom. The van der Waals surface area contributed by atoms with Crippen LogP contribution in [0.3, 0.4) is 0 Å². The van der Waals surface area contributed by atoms with Crippen LogP contribution >= 0.6 is 0 Å². The first-order chi connectivity index (χ1) is 5.38. The summed E-state index contributed by atoms with van der Waals surface area (Å²) in [4.78, 5) is 2.72. The molecule has 11 heavy (non-hydrogen) atoms. The molecule has 2 aliphatic rings. The van der Waals surface area contributed by atoms with Crippen molar-refractivity contribution in [2.45, 2.75) is 45.1 Å². The molecule has 2 atom stereocenters. The van der Waals surface area contributed by atoms with Gasteiger partial charge in [-0.25, -0.2) is 0 Å². The summed E-state index contributed by atoms with van der Waals surface area (Å²) in [6, 6.07) is 0.968. The van der Waals surface area contributed by atoms with Crippen LogP contribution in [0.15, 0.2) is 0 Å². The molecular weight excluding hydrogens is 134 g/mol. The SMILES string of the molecule is CC1CCC1N1CCCCC1. The molecule has 1 aliphatic heterocycles. The van der Waals surface area contributed by atoms with E-state index in [0.717, 1.165) is 12.0 Å². The summed E-state index contributed by atoms with van der Waals surface area (Å²) >= 11 is 0. The Hall–Kier alpha value is -0.0400. The first-order valence-corrected chi connectivity index (χ1v) is 5.12. The highest BCUT2D eigenvalue weighted by molar-refractivity contribution is 4.87. The molecule has 1 aliphatic carbocycles. The highest BCUT2D eigenvalue weighted by Gasteiger charge is 2.32. The summed E-state index contributed by atoms with van der Waals surface area (Å²) in [5.74, 6) is 0.994. The third kappa shape index (κ3) is 1.44. The minimum atomic E-state index is 0.968. The quantitative estimate of drug-likeness (QED) is 0.558. The van der Waals surface area contributed by atoms with Crippen LogP contribution in [0, 0.1) is 5.92 Å². The van der Waals surface area contributed by atoms with Crippen LogP contribution in [0.2, 0.25) is 0 Å². The van der Waals surface area contributed by atoms with Crippen LogP contribution in [-0.2, 0) is 0 Å². The minimum Gasteiger partial charge on any atom is -0.300 e. The van der Waals surface area contributed by atoms with E-state index in [1.54, 1.807) is 0 Å². The maximum atomic E-state index is 2.72. The van der Waals surface area contributed by atoms with E-state index in [1.807, 2.05) is 0 Å². The highest BCUT2D eigenvalue weighted by atomic mass is 15.2. The van der Waals surface area contributed by atoms with E-state index in [0.29, 0.717) is 0 Å². The van der Waals surface area contributed by atoms with Gasteiger partial charge in [0.15, 0.2) is 0 Å². The topological polar surface area (TPSA) is 3.24 Å². The maximum absolute atomic E-state index is 2.72. The molecule has 1 nitrogen and oxygen atoms in total. The molecule has 1 heterocycles. The normalized spacial score (nSPS) is 40.1. The van der Waals surface area contributed by atoms with E-state index in [4.69, 9.17) is 0 Å². The average Bonchev–Trinajstić information content (AvgIpc) is 2.04. The number of hydrogen-bond donors (Lipinski definition) is 0. The van der Waals surface area contributed by atoms with E-state index in [1.165, 1.54) is 45.2 Å². The van der Waals surface area contributed by atoms with Gasteiger partial charge < -0.3 is 4.90 Å². The lowest BCUT2D eigenvalue weighted by Crippen LogP contribution is -2.48. The van der Waals surface area contributed by atoms with Crippen molar-refractivity contribution >= 4 is 0 Å². The molecule has 1 heteroatoms. The van der Waals surface area contributed by atoms with Gasteiger partial charge in [0, 0.05) is 6.04 Å². The smallest absolute Gasteiger partial charge is 0.0121 e. The summed E-state index contributed by atoms with van der Waals surface area (Å²) in [7, 11) is 0. The molecule has 2 unspecified atom stereocenters. The molecule has 0 spiro atoms. The fourth-order valence-corrected chi connectivity index (χ4v) is 2.44. The molecule has 1 saturated heterocycles. The molecule has 0 aromatic rings. The largest absolute Gasteiger partial charge is 0.300 e. The van der Waals surface area contributed by atoms with E-state index >= 15 is 0 Å². The fourth-order valence-electron chi connectivity index (χ4n) is 2.44. The van der Waals surface area contributed by atoms with Crippen molar-refractivity contribution in [2.75, 3.05) is 13.1 Å². The Labute approximate surface area is 69.8 Å². The molecule has 2 fully saturated rings. The Morgan fingerprint density at radius 1 is 1.00 bits per heavy atom. The van der Waals surface area contributed by atoms with Crippen LogP contribution in [0.4, 0.5) is 0 Å². The lowest BCUT2D eigenvalue weighted by atomic mass is 9.79. The predicted octanol–water partition coefficient (Wildman–Crippen LogP) is 2.27. The van der Waals surface area contributed by atoms with Crippen molar-refractivity contribution in [1.29, 1.82) is 0 Å². The Balaban J connectivity index is 1.83. The van der Waals surface area contributed by atoms with Gasteiger partial charge in [-0.05, 0) is 44.7 Å². The molecule has 0 aromatic carbocycles. The van der Waals surface area contributed by atoms with E-state index in [-0.39, 0.29) is 0 Å². The summed E-state index contributed by atoms with van der Waals surface area (Å²) in [6.07, 6.45) is 7.31. The van der Waals surface area contributed by atoms with Crippen molar-refractivity contribution in [3.63, 3.8) is 0 Å². The van der Waals surface area contributed by atoms with Gasteiger partial charge in [0.2, 0.25) is 0 Å². The summed E-state index contributed by atoms with van der Waals surface area (Å²) < 4.78 is 0. The number of nitrogens with zero attached hydrogens (tertiary/aromatic N) is 1. The number of hydrogen-bond acceptors (Lipinski definition) is 1. The van der Waals surface area contributed by atoms with Crippen LogP contribution in [0.25, 0.3) is 0 Å². The fraction of sp³-hybridized carbons (Fsp3) is 1.00. The Morgan fingerprint density at radius 2 is 1.73 bits per heavy atom. The van der Waals surface area contributed by atoms with Gasteiger partial charge >= 0.3 is 0 Å². The molecule has 2 rings (SSSR count). The zero-order chi connectivity index (χ0) is 7.68. The molecule has 0 amide bonds. The first-order valence-electron chi connectivity index (χ1n) is 5.12. The summed E-state index contributed by atoms with van der Waals surface area (Å²) in [6.45, 7) is 5.17. The van der Waals surface area contributed by atoms with Gasteiger partial charge in [-0.3, -0.25) is 0 Å². The second kappa shape index (κ2) is 3.14. The standard InChI is InChI=1S/C10H19N/c1-9-5-6-10(9)11-7-3-2-4-8-11/h9-10H,2-8H2,1H3. The van der Waals surface area contributed by atoms with Gasteiger partial charge in [0.25, 0.3) is 0 Å². The summed E-state index contributed by atoms with van der Waals surface area (Å²) in [5.41, 5.74) is 0. The third-order valence-electron chi connectivity index (χ3n) is 3.43. The Kier molecular flexibility index (Phi) is 2.17.